The molecule has 152 valence electrons. The summed E-state index contributed by atoms with van der Waals surface area (Å²) in [5, 5.41) is 4.86. The highest BCUT2D eigenvalue weighted by Crippen LogP contribution is 2.36. The molecule has 28 heavy (non-hydrogen) atoms. The van der Waals surface area contributed by atoms with E-state index in [-0.39, 0.29) is 5.54 Å². The molecule has 2 aromatic carbocycles. The van der Waals surface area contributed by atoms with Crippen molar-refractivity contribution in [2.45, 2.75) is 39.3 Å². The summed E-state index contributed by atoms with van der Waals surface area (Å²) < 4.78 is 0. The minimum atomic E-state index is -0.0217. The summed E-state index contributed by atoms with van der Waals surface area (Å²) in [7, 11) is 0. The fraction of sp³-hybridized carbons (Fsp3) is 0.478. The van der Waals surface area contributed by atoms with Crippen molar-refractivity contribution in [1.29, 1.82) is 0 Å². The fourth-order valence-electron chi connectivity index (χ4n) is 4.33. The van der Waals surface area contributed by atoms with Crippen LogP contribution in [-0.2, 0) is 12.1 Å². The summed E-state index contributed by atoms with van der Waals surface area (Å²) >= 11 is 12.4. The van der Waals surface area contributed by atoms with Gasteiger partial charge in [0.25, 0.3) is 0 Å². The number of piperazine rings is 1. The predicted octanol–water partition coefficient (Wildman–Crippen LogP) is 5.55. The number of hydrogen-bond donors (Lipinski definition) is 1. The number of nitrogens with one attached hydrogen (secondary N) is 1. The molecule has 0 saturated carbocycles. The Kier molecular flexibility index (Phi) is 7.27. The zero-order valence-electron chi connectivity index (χ0n) is 17.1. The van der Waals surface area contributed by atoms with E-state index in [9.17, 15) is 0 Å². The summed E-state index contributed by atoms with van der Waals surface area (Å²) in [5.74, 6) is 0. The van der Waals surface area contributed by atoms with Crippen LogP contribution in [0.25, 0.3) is 0 Å². The van der Waals surface area contributed by atoms with Crippen molar-refractivity contribution in [2.24, 2.45) is 0 Å². The van der Waals surface area contributed by atoms with Gasteiger partial charge in [0.1, 0.15) is 0 Å². The lowest BCUT2D eigenvalue weighted by atomic mass is 9.83. The molecule has 1 atom stereocenters. The number of rotatable bonds is 7. The van der Waals surface area contributed by atoms with E-state index in [1.165, 1.54) is 16.8 Å². The lowest BCUT2D eigenvalue weighted by Crippen LogP contribution is -2.58. The third kappa shape index (κ3) is 4.33. The molecule has 3 rings (SSSR count). The molecule has 0 aliphatic carbocycles. The van der Waals surface area contributed by atoms with E-state index in [0.29, 0.717) is 10.0 Å². The first-order valence-corrected chi connectivity index (χ1v) is 11.0. The topological polar surface area (TPSA) is 18.5 Å². The number of halogens is 2. The second-order valence-corrected chi connectivity index (χ2v) is 8.27. The maximum atomic E-state index is 6.26. The van der Waals surface area contributed by atoms with E-state index in [1.807, 2.05) is 12.1 Å². The molecule has 1 unspecified atom stereocenters. The van der Waals surface area contributed by atoms with Crippen molar-refractivity contribution < 1.29 is 0 Å². The van der Waals surface area contributed by atoms with Gasteiger partial charge in [0.05, 0.1) is 15.6 Å². The summed E-state index contributed by atoms with van der Waals surface area (Å²) in [5.41, 5.74) is 3.85. The lowest BCUT2D eigenvalue weighted by molar-refractivity contribution is 0.0453. The Hall–Kier alpha value is -1.26. The van der Waals surface area contributed by atoms with Gasteiger partial charge in [0.2, 0.25) is 0 Å². The molecule has 1 aliphatic rings. The molecule has 1 fully saturated rings. The van der Waals surface area contributed by atoms with Gasteiger partial charge in [-0.2, -0.15) is 0 Å². The van der Waals surface area contributed by atoms with Crippen LogP contribution >= 0.6 is 23.2 Å². The van der Waals surface area contributed by atoms with E-state index < -0.39 is 0 Å². The molecule has 5 heteroatoms. The zero-order valence-corrected chi connectivity index (χ0v) is 18.7. The van der Waals surface area contributed by atoms with E-state index >= 15 is 0 Å². The third-order valence-corrected chi connectivity index (χ3v) is 6.80. The molecule has 0 aromatic heterocycles. The largest absolute Gasteiger partial charge is 0.372 e. The Bertz CT molecular complexity index is 774. The molecule has 1 saturated heterocycles. The molecule has 1 N–H and O–H groups in total. The average Bonchev–Trinajstić information content (AvgIpc) is 2.73. The van der Waals surface area contributed by atoms with Gasteiger partial charge in [-0.25, -0.2) is 0 Å². The number of nitrogens with zero attached hydrogens (tertiary/aromatic N) is 2. The standard InChI is InChI=1S/C23H31Cl2N3/c1-4-23(19-8-10-20(11-9-19)27(5-2)6-3)17-26-13-14-28(23)16-18-7-12-21(24)22(25)15-18/h7-12,15,26H,4-6,13-14,16-17H2,1-3H3. The van der Waals surface area contributed by atoms with Gasteiger partial charge in [-0.1, -0.05) is 48.3 Å². The van der Waals surface area contributed by atoms with Crippen LogP contribution in [0.5, 0.6) is 0 Å². The average molecular weight is 420 g/mol. The van der Waals surface area contributed by atoms with Gasteiger partial charge in [-0.05, 0) is 55.7 Å². The molecule has 1 heterocycles. The molecule has 0 amide bonds. The van der Waals surface area contributed by atoms with Crippen LogP contribution in [0.2, 0.25) is 10.0 Å². The maximum Gasteiger partial charge on any atom is 0.0595 e. The minimum Gasteiger partial charge on any atom is -0.372 e. The van der Waals surface area contributed by atoms with Gasteiger partial charge in [0.15, 0.2) is 0 Å². The summed E-state index contributed by atoms with van der Waals surface area (Å²) in [6.45, 7) is 12.6. The summed E-state index contributed by atoms with van der Waals surface area (Å²) in [6, 6.07) is 15.1. The quantitative estimate of drug-likeness (QED) is 0.634. The first kappa shape index (κ1) is 21.4. The first-order valence-electron chi connectivity index (χ1n) is 10.3. The van der Waals surface area contributed by atoms with Crippen LogP contribution < -0.4 is 10.2 Å². The van der Waals surface area contributed by atoms with Crippen LogP contribution in [0.1, 0.15) is 38.3 Å². The Balaban J connectivity index is 1.90. The Morgan fingerprint density at radius 2 is 1.71 bits per heavy atom. The Morgan fingerprint density at radius 1 is 1.00 bits per heavy atom. The highest BCUT2D eigenvalue weighted by atomic mass is 35.5. The Labute approximate surface area is 179 Å². The fourth-order valence-corrected chi connectivity index (χ4v) is 4.65. The van der Waals surface area contributed by atoms with Crippen LogP contribution in [0.15, 0.2) is 42.5 Å². The van der Waals surface area contributed by atoms with E-state index in [1.54, 1.807) is 0 Å². The first-order chi connectivity index (χ1) is 13.5. The highest BCUT2D eigenvalue weighted by Gasteiger charge is 2.38. The van der Waals surface area contributed by atoms with Crippen molar-refractivity contribution >= 4 is 28.9 Å². The molecule has 0 spiro atoms. The highest BCUT2D eigenvalue weighted by molar-refractivity contribution is 6.42. The van der Waals surface area contributed by atoms with Crippen molar-refractivity contribution in [3.05, 3.63) is 63.6 Å². The Morgan fingerprint density at radius 3 is 2.32 bits per heavy atom. The van der Waals surface area contributed by atoms with Gasteiger partial charge >= 0.3 is 0 Å². The normalized spacial score (nSPS) is 20.3. The van der Waals surface area contributed by atoms with Gasteiger partial charge in [-0.15, -0.1) is 0 Å². The number of benzene rings is 2. The molecule has 3 nitrogen and oxygen atoms in total. The van der Waals surface area contributed by atoms with Crippen LogP contribution in [0.4, 0.5) is 5.69 Å². The van der Waals surface area contributed by atoms with Crippen molar-refractivity contribution in [2.75, 3.05) is 37.6 Å². The molecule has 2 aromatic rings. The van der Waals surface area contributed by atoms with Crippen molar-refractivity contribution in [3.8, 4) is 0 Å². The molecular formula is C23H31Cl2N3. The van der Waals surface area contributed by atoms with Gasteiger partial charge in [-0.3, -0.25) is 4.90 Å². The van der Waals surface area contributed by atoms with Crippen LogP contribution in [-0.4, -0.2) is 37.6 Å². The van der Waals surface area contributed by atoms with Gasteiger partial charge < -0.3 is 10.2 Å². The molecule has 1 aliphatic heterocycles. The molecule has 0 radical (unpaired) electrons. The molecular weight excluding hydrogens is 389 g/mol. The van der Waals surface area contributed by atoms with Crippen LogP contribution in [0, 0.1) is 0 Å². The smallest absolute Gasteiger partial charge is 0.0595 e. The number of hydrogen-bond acceptors (Lipinski definition) is 3. The second kappa shape index (κ2) is 9.49. The summed E-state index contributed by atoms with van der Waals surface area (Å²) in [4.78, 5) is 4.98. The lowest BCUT2D eigenvalue weighted by Gasteiger charge is -2.48. The van der Waals surface area contributed by atoms with Crippen molar-refractivity contribution in [1.82, 2.24) is 10.2 Å². The number of anilines is 1. The van der Waals surface area contributed by atoms with Crippen LogP contribution in [0.3, 0.4) is 0 Å². The predicted molar refractivity (Wildman–Crippen MR) is 122 cm³/mol. The van der Waals surface area contributed by atoms with E-state index in [2.05, 4.69) is 66.2 Å². The second-order valence-electron chi connectivity index (χ2n) is 7.45. The minimum absolute atomic E-state index is 0.0217. The monoisotopic (exact) mass is 419 g/mol. The van der Waals surface area contributed by atoms with Gasteiger partial charge in [0, 0.05) is 45.0 Å². The zero-order chi connectivity index (χ0) is 20.1. The summed E-state index contributed by atoms with van der Waals surface area (Å²) in [6.07, 6.45) is 1.05. The maximum absolute atomic E-state index is 6.26. The third-order valence-electron chi connectivity index (χ3n) is 6.06. The molecule has 0 bridgehead atoms. The van der Waals surface area contributed by atoms with E-state index in [4.69, 9.17) is 23.2 Å². The van der Waals surface area contributed by atoms with E-state index in [0.717, 1.165) is 45.7 Å². The SMILES string of the molecule is CCN(CC)c1ccc(C2(CC)CNCCN2Cc2ccc(Cl)c(Cl)c2)cc1. The van der Waals surface area contributed by atoms with Crippen molar-refractivity contribution in [3.63, 3.8) is 0 Å².